The summed E-state index contributed by atoms with van der Waals surface area (Å²) in [6, 6.07) is 10.3. The number of rotatable bonds is 7. The van der Waals surface area contributed by atoms with Crippen LogP contribution in [0.25, 0.3) is 0 Å². The number of ether oxygens (including phenoxy) is 2. The van der Waals surface area contributed by atoms with Crippen molar-refractivity contribution in [1.82, 2.24) is 0 Å². The molecule has 0 saturated heterocycles. The maximum atomic E-state index is 5.60. The number of benzene rings is 1. The fourth-order valence-corrected chi connectivity index (χ4v) is 1.80. The Bertz CT molecular complexity index is 431. The molecule has 19 heavy (non-hydrogen) atoms. The monoisotopic (exact) mass is 260 g/mol. The lowest BCUT2D eigenvalue weighted by Crippen LogP contribution is -2.16. The Morgan fingerprint density at radius 2 is 2.26 bits per heavy atom. The molecule has 0 fully saturated rings. The Balaban J connectivity index is 1.75. The highest BCUT2D eigenvalue weighted by Gasteiger charge is 2.19. The van der Waals surface area contributed by atoms with E-state index in [4.69, 9.17) is 9.47 Å². The lowest BCUT2D eigenvalue weighted by atomic mass is 10.2. The van der Waals surface area contributed by atoms with Gasteiger partial charge in [-0.05, 0) is 32.2 Å². The molecule has 0 unspecified atom stereocenters. The van der Waals surface area contributed by atoms with Crippen molar-refractivity contribution in [2.75, 3.05) is 19.8 Å². The van der Waals surface area contributed by atoms with Crippen LogP contribution in [0.3, 0.4) is 0 Å². The maximum absolute atomic E-state index is 5.60. The molecule has 0 radical (unpaired) electrons. The third-order valence-corrected chi connectivity index (χ3v) is 3.03. The molecule has 2 atom stereocenters. The summed E-state index contributed by atoms with van der Waals surface area (Å²) >= 11 is 0. The van der Waals surface area contributed by atoms with E-state index in [1.165, 1.54) is 0 Å². The van der Waals surface area contributed by atoms with Gasteiger partial charge in [0.25, 0.3) is 0 Å². The summed E-state index contributed by atoms with van der Waals surface area (Å²) < 4.78 is 11.2. The van der Waals surface area contributed by atoms with Crippen LogP contribution in [0.5, 0.6) is 0 Å². The molecule has 0 N–H and O–H groups in total. The molecule has 0 amide bonds. The number of hydrogen-bond donors (Lipinski definition) is 0. The van der Waals surface area contributed by atoms with Gasteiger partial charge in [0, 0.05) is 18.2 Å². The van der Waals surface area contributed by atoms with Crippen LogP contribution < -0.4 is 0 Å². The van der Waals surface area contributed by atoms with Crippen LogP contribution in [0, 0.1) is 0 Å². The van der Waals surface area contributed by atoms with E-state index in [1.54, 1.807) is 0 Å². The number of hydrogen-bond acceptors (Lipinski definition) is 4. The molecule has 0 saturated carbocycles. The summed E-state index contributed by atoms with van der Waals surface area (Å²) in [5.41, 5.74) is 1.02. The van der Waals surface area contributed by atoms with Crippen LogP contribution in [0.2, 0.25) is 0 Å². The molecule has 2 rings (SSSR count). The molecule has 4 heteroatoms. The Morgan fingerprint density at radius 1 is 1.47 bits per heavy atom. The van der Waals surface area contributed by atoms with E-state index in [1.807, 2.05) is 37.3 Å². The quantitative estimate of drug-likeness (QED) is 0.558. The van der Waals surface area contributed by atoms with Crippen LogP contribution in [-0.4, -0.2) is 44.5 Å². The summed E-state index contributed by atoms with van der Waals surface area (Å²) in [7, 11) is 0. The van der Waals surface area contributed by atoms with E-state index >= 15 is 0 Å². The SMILES string of the molecule is C=N[C@@H](C)CCOC[C@@H]1COC(c2ccccc2)=N1. The van der Waals surface area contributed by atoms with Gasteiger partial charge < -0.3 is 9.47 Å². The zero-order valence-corrected chi connectivity index (χ0v) is 11.3. The molecule has 0 bridgehead atoms. The highest BCUT2D eigenvalue weighted by Crippen LogP contribution is 2.12. The van der Waals surface area contributed by atoms with Gasteiger partial charge in [-0.25, -0.2) is 4.99 Å². The third-order valence-electron chi connectivity index (χ3n) is 3.03. The van der Waals surface area contributed by atoms with Gasteiger partial charge in [0.05, 0.1) is 6.61 Å². The summed E-state index contributed by atoms with van der Waals surface area (Å²) in [5.74, 6) is 0.718. The van der Waals surface area contributed by atoms with Crippen molar-refractivity contribution in [3.8, 4) is 0 Å². The van der Waals surface area contributed by atoms with E-state index in [2.05, 4.69) is 16.7 Å². The van der Waals surface area contributed by atoms with E-state index in [0.29, 0.717) is 19.8 Å². The minimum absolute atomic E-state index is 0.0993. The van der Waals surface area contributed by atoms with Gasteiger partial charge in [-0.1, -0.05) is 18.2 Å². The van der Waals surface area contributed by atoms with Gasteiger partial charge in [-0.2, -0.15) is 0 Å². The maximum Gasteiger partial charge on any atom is 0.216 e. The van der Waals surface area contributed by atoms with Gasteiger partial charge in [0.15, 0.2) is 0 Å². The van der Waals surface area contributed by atoms with Gasteiger partial charge >= 0.3 is 0 Å². The molecule has 0 aliphatic carbocycles. The topological polar surface area (TPSA) is 43.2 Å². The minimum atomic E-state index is 0.0993. The van der Waals surface area contributed by atoms with Crippen molar-refractivity contribution in [1.29, 1.82) is 0 Å². The molecule has 1 aromatic carbocycles. The second-order valence-electron chi connectivity index (χ2n) is 4.66. The zero-order chi connectivity index (χ0) is 13.5. The fraction of sp³-hybridized carbons (Fsp3) is 0.467. The Hall–Kier alpha value is -1.68. The smallest absolute Gasteiger partial charge is 0.216 e. The molecule has 1 aliphatic heterocycles. The van der Waals surface area contributed by atoms with E-state index in [-0.39, 0.29) is 12.1 Å². The third kappa shape index (κ3) is 4.17. The Morgan fingerprint density at radius 3 is 3.00 bits per heavy atom. The predicted molar refractivity (Wildman–Crippen MR) is 77.2 cm³/mol. The molecule has 4 nitrogen and oxygen atoms in total. The van der Waals surface area contributed by atoms with Crippen molar-refractivity contribution < 1.29 is 9.47 Å². The molecule has 1 aromatic rings. The first-order valence-electron chi connectivity index (χ1n) is 6.59. The van der Waals surface area contributed by atoms with Crippen molar-refractivity contribution in [3.05, 3.63) is 35.9 Å². The largest absolute Gasteiger partial charge is 0.475 e. The summed E-state index contributed by atoms with van der Waals surface area (Å²) in [6.07, 6.45) is 0.895. The van der Waals surface area contributed by atoms with Crippen LogP contribution in [0.4, 0.5) is 0 Å². The Kier molecular flexibility index (Phi) is 5.10. The molecule has 0 aromatic heterocycles. The van der Waals surface area contributed by atoms with Crippen molar-refractivity contribution >= 4 is 12.6 Å². The van der Waals surface area contributed by atoms with Crippen LogP contribution >= 0.6 is 0 Å². The van der Waals surface area contributed by atoms with E-state index in [9.17, 15) is 0 Å². The summed E-state index contributed by atoms with van der Waals surface area (Å²) in [4.78, 5) is 8.46. The second kappa shape index (κ2) is 7.04. The average molecular weight is 260 g/mol. The predicted octanol–water partition coefficient (Wildman–Crippen LogP) is 2.33. The van der Waals surface area contributed by atoms with E-state index < -0.39 is 0 Å². The van der Waals surface area contributed by atoms with E-state index in [0.717, 1.165) is 17.9 Å². The molecule has 1 aliphatic rings. The first-order valence-corrected chi connectivity index (χ1v) is 6.59. The highest BCUT2D eigenvalue weighted by molar-refractivity contribution is 5.95. The molecule has 102 valence electrons. The fourth-order valence-electron chi connectivity index (χ4n) is 1.80. The van der Waals surface area contributed by atoms with Crippen LogP contribution in [0.1, 0.15) is 18.9 Å². The summed E-state index contributed by atoms with van der Waals surface area (Å²) in [5, 5.41) is 0. The first kappa shape index (κ1) is 13.7. The lowest BCUT2D eigenvalue weighted by Gasteiger charge is -2.08. The second-order valence-corrected chi connectivity index (χ2v) is 4.66. The molecule has 0 spiro atoms. The van der Waals surface area contributed by atoms with Gasteiger partial charge in [0.1, 0.15) is 12.6 Å². The zero-order valence-electron chi connectivity index (χ0n) is 11.3. The van der Waals surface area contributed by atoms with Gasteiger partial charge in [0.2, 0.25) is 5.90 Å². The first-order chi connectivity index (χ1) is 9.29. The van der Waals surface area contributed by atoms with Crippen LogP contribution in [0.15, 0.2) is 40.3 Å². The Labute approximate surface area is 114 Å². The molecule has 1 heterocycles. The average Bonchev–Trinajstić information content (AvgIpc) is 2.93. The van der Waals surface area contributed by atoms with Crippen molar-refractivity contribution in [2.24, 2.45) is 9.98 Å². The number of aliphatic imine (C=N–C) groups is 2. The minimum Gasteiger partial charge on any atom is -0.475 e. The van der Waals surface area contributed by atoms with Crippen LogP contribution in [-0.2, 0) is 9.47 Å². The molecular weight excluding hydrogens is 240 g/mol. The lowest BCUT2D eigenvalue weighted by molar-refractivity contribution is 0.108. The highest BCUT2D eigenvalue weighted by atomic mass is 16.5. The standard InChI is InChI=1S/C15H20N2O2/c1-12(16-2)8-9-18-10-14-11-19-15(17-14)13-6-4-3-5-7-13/h3-7,12,14H,2,8-11H2,1H3/t12-,14+/m0/s1. The summed E-state index contributed by atoms with van der Waals surface area (Å²) in [6.45, 7) is 7.42. The van der Waals surface area contributed by atoms with Crippen molar-refractivity contribution in [2.45, 2.75) is 25.4 Å². The number of nitrogens with zero attached hydrogens (tertiary/aromatic N) is 2. The van der Waals surface area contributed by atoms with Gasteiger partial charge in [-0.15, -0.1) is 0 Å². The normalized spacial score (nSPS) is 19.6. The van der Waals surface area contributed by atoms with Gasteiger partial charge in [-0.3, -0.25) is 4.99 Å². The molecular formula is C15H20N2O2. The van der Waals surface area contributed by atoms with Crippen molar-refractivity contribution in [3.63, 3.8) is 0 Å².